The minimum Gasteiger partial charge on any atom is -0.338 e. The van der Waals surface area contributed by atoms with E-state index in [0.717, 1.165) is 51.9 Å². The number of hydrogen-bond acceptors (Lipinski definition) is 2. The topological polar surface area (TPSA) is 82.3 Å². The van der Waals surface area contributed by atoms with Gasteiger partial charge in [-0.25, -0.2) is 9.59 Å². The zero-order valence-electron chi connectivity index (χ0n) is 24.5. The Balaban J connectivity index is 3.40. The van der Waals surface area contributed by atoms with Crippen LogP contribution in [0.2, 0.25) is 0 Å². The maximum atomic E-state index is 11.9. The first-order chi connectivity index (χ1) is 17.6. The summed E-state index contributed by atoms with van der Waals surface area (Å²) in [7, 11) is 0. The summed E-state index contributed by atoms with van der Waals surface area (Å²) >= 11 is 0. The Morgan fingerprint density at radius 2 is 0.806 bits per heavy atom. The van der Waals surface area contributed by atoms with Gasteiger partial charge < -0.3 is 21.3 Å². The molecular formula is C30H62N4O2. The predicted molar refractivity (Wildman–Crippen MR) is 156 cm³/mol. The average molecular weight is 511 g/mol. The van der Waals surface area contributed by atoms with Crippen LogP contribution >= 0.6 is 0 Å². The van der Waals surface area contributed by atoms with Crippen LogP contribution < -0.4 is 21.3 Å². The number of unbranched alkanes of at least 4 members (excludes halogenated alkanes) is 11. The molecule has 1 unspecified atom stereocenters. The maximum Gasteiger partial charge on any atom is 0.314 e. The lowest BCUT2D eigenvalue weighted by Gasteiger charge is -2.15. The van der Waals surface area contributed by atoms with Gasteiger partial charge in [0.2, 0.25) is 0 Å². The largest absolute Gasteiger partial charge is 0.338 e. The third-order valence-corrected chi connectivity index (χ3v) is 7.36. The lowest BCUT2D eigenvalue weighted by molar-refractivity contribution is 0.237. The molecule has 0 aliphatic rings. The first-order valence-electron chi connectivity index (χ1n) is 15.6. The Morgan fingerprint density at radius 3 is 1.11 bits per heavy atom. The molecule has 0 saturated carbocycles. The Morgan fingerprint density at radius 1 is 0.472 bits per heavy atom. The molecule has 4 N–H and O–H groups in total. The zero-order chi connectivity index (χ0) is 26.7. The number of amides is 4. The predicted octanol–water partition coefficient (Wildman–Crippen LogP) is 7.92. The lowest BCUT2D eigenvalue weighted by atomic mass is 9.99. The molecule has 0 fully saturated rings. The van der Waals surface area contributed by atoms with E-state index in [4.69, 9.17) is 0 Å². The number of nitrogens with one attached hydrogen (secondary N) is 4. The molecule has 2 atom stereocenters. The molecule has 0 bridgehead atoms. The molecule has 0 saturated heterocycles. The van der Waals surface area contributed by atoms with Crippen LogP contribution in [-0.2, 0) is 0 Å². The Bertz CT molecular complexity index is 457. The van der Waals surface area contributed by atoms with Gasteiger partial charge in [-0.1, -0.05) is 118 Å². The summed E-state index contributed by atoms with van der Waals surface area (Å²) in [4.78, 5) is 23.8. The van der Waals surface area contributed by atoms with E-state index in [9.17, 15) is 9.59 Å². The van der Waals surface area contributed by atoms with Crippen LogP contribution in [0.4, 0.5) is 9.59 Å². The highest BCUT2D eigenvalue weighted by Crippen LogP contribution is 2.12. The first-order valence-corrected chi connectivity index (χ1v) is 15.6. The molecule has 0 aromatic carbocycles. The summed E-state index contributed by atoms with van der Waals surface area (Å²) < 4.78 is 0. The second-order valence-corrected chi connectivity index (χ2v) is 10.6. The Kier molecular flexibility index (Phi) is 25.5. The van der Waals surface area contributed by atoms with Gasteiger partial charge in [0.1, 0.15) is 0 Å². The molecule has 6 heteroatoms. The minimum atomic E-state index is -0.00619. The normalized spacial score (nSPS) is 12.7. The van der Waals surface area contributed by atoms with Gasteiger partial charge in [-0.15, -0.1) is 0 Å². The summed E-state index contributed by atoms with van der Waals surface area (Å²) in [5.41, 5.74) is 0. The summed E-state index contributed by atoms with van der Waals surface area (Å²) in [6.07, 6.45) is 21.9. The van der Waals surface area contributed by atoms with Crippen LogP contribution in [0.15, 0.2) is 0 Å². The van der Waals surface area contributed by atoms with Crippen LogP contribution in [0.25, 0.3) is 0 Å². The molecule has 6 nitrogen and oxygen atoms in total. The fraction of sp³-hybridized carbons (Fsp3) is 0.933. The van der Waals surface area contributed by atoms with Gasteiger partial charge in [0, 0.05) is 26.2 Å². The highest BCUT2D eigenvalue weighted by molar-refractivity contribution is 5.74. The Hall–Kier alpha value is -1.46. The molecule has 0 spiro atoms. The highest BCUT2D eigenvalue weighted by atomic mass is 16.2. The summed E-state index contributed by atoms with van der Waals surface area (Å²) in [5.74, 6) is 1.22. The van der Waals surface area contributed by atoms with Crippen molar-refractivity contribution in [2.45, 2.75) is 143 Å². The molecule has 214 valence electrons. The van der Waals surface area contributed by atoms with Gasteiger partial charge in [-0.2, -0.15) is 0 Å². The number of carbonyl (C=O) groups is 2. The second-order valence-electron chi connectivity index (χ2n) is 10.6. The van der Waals surface area contributed by atoms with Crippen molar-refractivity contribution in [1.29, 1.82) is 0 Å². The van der Waals surface area contributed by atoms with E-state index in [1.165, 1.54) is 89.9 Å². The number of hydrogen-bond donors (Lipinski definition) is 4. The molecular weight excluding hydrogens is 448 g/mol. The molecule has 0 aliphatic heterocycles. The van der Waals surface area contributed by atoms with Crippen molar-refractivity contribution in [3.63, 3.8) is 0 Å². The van der Waals surface area contributed by atoms with Crippen molar-refractivity contribution in [3.8, 4) is 0 Å². The zero-order valence-corrected chi connectivity index (χ0v) is 24.5. The van der Waals surface area contributed by atoms with E-state index in [1.807, 2.05) is 0 Å². The van der Waals surface area contributed by atoms with Crippen LogP contribution in [0.5, 0.6) is 0 Å². The van der Waals surface area contributed by atoms with Crippen LogP contribution in [0.3, 0.4) is 0 Å². The van der Waals surface area contributed by atoms with Crippen LogP contribution in [-0.4, -0.2) is 38.2 Å². The first kappa shape index (κ1) is 34.5. The Labute approximate surface area is 224 Å². The molecule has 0 aromatic rings. The van der Waals surface area contributed by atoms with Gasteiger partial charge in [0.05, 0.1) is 0 Å². The molecule has 4 amide bonds. The monoisotopic (exact) mass is 510 g/mol. The lowest BCUT2D eigenvalue weighted by Crippen LogP contribution is -2.38. The number of urea groups is 2. The molecule has 0 aliphatic carbocycles. The van der Waals surface area contributed by atoms with E-state index in [0.29, 0.717) is 11.8 Å². The fourth-order valence-corrected chi connectivity index (χ4v) is 4.55. The maximum absolute atomic E-state index is 11.9. The van der Waals surface area contributed by atoms with E-state index < -0.39 is 0 Å². The van der Waals surface area contributed by atoms with Crippen molar-refractivity contribution in [2.24, 2.45) is 11.8 Å². The van der Waals surface area contributed by atoms with Gasteiger partial charge in [0.25, 0.3) is 0 Å². The summed E-state index contributed by atoms with van der Waals surface area (Å²) in [6.45, 7) is 12.0. The van der Waals surface area contributed by atoms with Crippen molar-refractivity contribution in [2.75, 3.05) is 26.2 Å². The molecule has 0 rings (SSSR count). The standard InChI is InChI=1S/C30H62N4O2/c1-5-9-21-27(7-3)25-33-29(35)31-23-19-17-15-13-11-12-14-16-18-20-24-32-30(36)34-26-28(8-4)22-10-6-2/h27-28H,5-26H2,1-4H3,(H2,31,33,35)(H2,32,34,36)/t27-,28?/m1/s1. The molecule has 0 aromatic heterocycles. The minimum absolute atomic E-state index is 0.00619. The van der Waals surface area contributed by atoms with Gasteiger partial charge in [-0.05, 0) is 37.5 Å². The second kappa shape index (κ2) is 26.6. The fourth-order valence-electron chi connectivity index (χ4n) is 4.55. The average Bonchev–Trinajstić information content (AvgIpc) is 2.89. The quantitative estimate of drug-likeness (QED) is 0.0941. The molecule has 0 heterocycles. The van der Waals surface area contributed by atoms with Crippen LogP contribution in [0, 0.1) is 11.8 Å². The van der Waals surface area contributed by atoms with E-state index in [2.05, 4.69) is 49.0 Å². The van der Waals surface area contributed by atoms with Gasteiger partial charge in [0.15, 0.2) is 0 Å². The van der Waals surface area contributed by atoms with E-state index in [-0.39, 0.29) is 12.1 Å². The molecule has 36 heavy (non-hydrogen) atoms. The smallest absolute Gasteiger partial charge is 0.314 e. The number of carbonyl (C=O) groups excluding carboxylic acids is 2. The van der Waals surface area contributed by atoms with Crippen molar-refractivity contribution in [1.82, 2.24) is 21.3 Å². The van der Waals surface area contributed by atoms with Crippen molar-refractivity contribution in [3.05, 3.63) is 0 Å². The van der Waals surface area contributed by atoms with E-state index in [1.54, 1.807) is 0 Å². The van der Waals surface area contributed by atoms with Gasteiger partial charge >= 0.3 is 12.1 Å². The SMILES string of the molecule is CCCCC(CC)CNC(=O)NCCCCCCCCCCCCNC(=O)NC[C@H](CC)CCCC. The van der Waals surface area contributed by atoms with Crippen molar-refractivity contribution < 1.29 is 9.59 Å². The summed E-state index contributed by atoms with van der Waals surface area (Å²) in [5, 5.41) is 12.1. The number of rotatable bonds is 25. The summed E-state index contributed by atoms with van der Waals surface area (Å²) in [6, 6.07) is -0.0124. The third kappa shape index (κ3) is 23.0. The van der Waals surface area contributed by atoms with E-state index >= 15 is 0 Å². The van der Waals surface area contributed by atoms with Crippen LogP contribution in [0.1, 0.15) is 143 Å². The molecule has 0 radical (unpaired) electrons. The highest BCUT2D eigenvalue weighted by Gasteiger charge is 2.08. The third-order valence-electron chi connectivity index (χ3n) is 7.36. The van der Waals surface area contributed by atoms with Gasteiger partial charge in [-0.3, -0.25) is 0 Å². The van der Waals surface area contributed by atoms with Crippen molar-refractivity contribution >= 4 is 12.1 Å².